The van der Waals surface area contributed by atoms with Gasteiger partial charge in [-0.1, -0.05) is 30.3 Å². The largest absolute Gasteiger partial charge is 0.307 e. The van der Waals surface area contributed by atoms with Gasteiger partial charge in [-0.2, -0.15) is 0 Å². The van der Waals surface area contributed by atoms with Gasteiger partial charge in [0, 0.05) is 18.1 Å². The maximum atomic E-state index is 3.76. The Morgan fingerprint density at radius 2 is 2.00 bits per heavy atom. The number of nitrogens with one attached hydrogen (secondary N) is 1. The highest BCUT2D eigenvalue weighted by molar-refractivity contribution is 5.18. The van der Waals surface area contributed by atoms with Crippen molar-refractivity contribution in [3.63, 3.8) is 0 Å². The molecular weight excluding hydrogens is 208 g/mol. The third-order valence-corrected chi connectivity index (χ3v) is 3.99. The van der Waals surface area contributed by atoms with Crippen molar-refractivity contribution in [1.29, 1.82) is 0 Å². The summed E-state index contributed by atoms with van der Waals surface area (Å²) in [6.07, 6.45) is 2.52. The maximum Gasteiger partial charge on any atom is 0.0294 e. The normalized spacial score (nSPS) is 27.9. The molecule has 2 heteroatoms. The summed E-state index contributed by atoms with van der Waals surface area (Å²) in [7, 11) is 2.22. The highest BCUT2D eigenvalue weighted by Crippen LogP contribution is 2.19. The minimum Gasteiger partial charge on any atom is -0.307 e. The molecule has 1 saturated heterocycles. The Bertz CT molecular complexity index is 336. The molecule has 0 spiro atoms. The minimum atomic E-state index is 0.455. The van der Waals surface area contributed by atoms with Crippen molar-refractivity contribution >= 4 is 0 Å². The smallest absolute Gasteiger partial charge is 0.0294 e. The van der Waals surface area contributed by atoms with E-state index in [4.69, 9.17) is 0 Å². The van der Waals surface area contributed by atoms with Crippen LogP contribution in [0.15, 0.2) is 30.3 Å². The summed E-state index contributed by atoms with van der Waals surface area (Å²) in [5, 5.41) is 3.76. The molecule has 1 aromatic rings. The molecular formula is C15H24N2. The van der Waals surface area contributed by atoms with Crippen molar-refractivity contribution in [1.82, 2.24) is 10.2 Å². The standard InChI is InChI=1S/C15H24N2/c1-12-11-15(9-10-17(12)3)16-13(2)14-7-5-4-6-8-14/h4-8,12-13,15-16H,9-11H2,1-3H3/t12?,13-,15?/m1/s1. The number of rotatable bonds is 3. The summed E-state index contributed by atoms with van der Waals surface area (Å²) in [5.74, 6) is 0. The number of hydrogen-bond donors (Lipinski definition) is 1. The van der Waals surface area contributed by atoms with E-state index in [1.54, 1.807) is 0 Å². The van der Waals surface area contributed by atoms with Gasteiger partial charge in [-0.25, -0.2) is 0 Å². The fourth-order valence-corrected chi connectivity index (χ4v) is 2.63. The first-order chi connectivity index (χ1) is 8.16. The summed E-state index contributed by atoms with van der Waals surface area (Å²) >= 11 is 0. The quantitative estimate of drug-likeness (QED) is 0.862. The molecule has 2 nitrogen and oxygen atoms in total. The van der Waals surface area contributed by atoms with Crippen LogP contribution in [-0.4, -0.2) is 30.6 Å². The Balaban J connectivity index is 1.89. The zero-order chi connectivity index (χ0) is 12.3. The van der Waals surface area contributed by atoms with Crippen LogP contribution in [0.25, 0.3) is 0 Å². The fraction of sp³-hybridized carbons (Fsp3) is 0.600. The Labute approximate surface area is 105 Å². The summed E-state index contributed by atoms with van der Waals surface area (Å²) < 4.78 is 0. The Morgan fingerprint density at radius 3 is 2.65 bits per heavy atom. The van der Waals surface area contributed by atoms with Gasteiger partial charge in [0.15, 0.2) is 0 Å². The summed E-state index contributed by atoms with van der Waals surface area (Å²) in [4.78, 5) is 2.45. The lowest BCUT2D eigenvalue weighted by Gasteiger charge is -2.36. The third kappa shape index (κ3) is 3.30. The predicted molar refractivity (Wildman–Crippen MR) is 73.1 cm³/mol. The molecule has 1 fully saturated rings. The summed E-state index contributed by atoms with van der Waals surface area (Å²) in [5.41, 5.74) is 1.39. The van der Waals surface area contributed by atoms with Crippen LogP contribution in [-0.2, 0) is 0 Å². The number of nitrogens with zero attached hydrogens (tertiary/aromatic N) is 1. The van der Waals surface area contributed by atoms with Crippen LogP contribution in [0.4, 0.5) is 0 Å². The van der Waals surface area contributed by atoms with Crippen LogP contribution in [0.3, 0.4) is 0 Å². The first-order valence-corrected chi connectivity index (χ1v) is 6.68. The lowest BCUT2D eigenvalue weighted by Crippen LogP contribution is -2.46. The third-order valence-electron chi connectivity index (χ3n) is 3.99. The average Bonchev–Trinajstić information content (AvgIpc) is 2.35. The highest BCUT2D eigenvalue weighted by Gasteiger charge is 2.23. The molecule has 0 bridgehead atoms. The van der Waals surface area contributed by atoms with Crippen molar-refractivity contribution in [3.05, 3.63) is 35.9 Å². The van der Waals surface area contributed by atoms with E-state index in [2.05, 4.69) is 61.4 Å². The van der Waals surface area contributed by atoms with E-state index in [0.29, 0.717) is 18.1 Å². The first kappa shape index (κ1) is 12.6. The minimum absolute atomic E-state index is 0.455. The molecule has 2 rings (SSSR count). The molecule has 2 unspecified atom stereocenters. The van der Waals surface area contributed by atoms with Gasteiger partial charge in [0.25, 0.3) is 0 Å². The lowest BCUT2D eigenvalue weighted by atomic mass is 9.97. The Hall–Kier alpha value is -0.860. The van der Waals surface area contributed by atoms with Crippen LogP contribution in [0.5, 0.6) is 0 Å². The molecule has 0 aliphatic carbocycles. The molecule has 0 aromatic heterocycles. The molecule has 1 aliphatic heterocycles. The van der Waals surface area contributed by atoms with Crippen LogP contribution in [0.2, 0.25) is 0 Å². The molecule has 0 radical (unpaired) electrons. The summed E-state index contributed by atoms with van der Waals surface area (Å²) in [6, 6.07) is 12.5. The maximum absolute atomic E-state index is 3.76. The number of piperidine rings is 1. The second-order valence-corrected chi connectivity index (χ2v) is 5.35. The molecule has 0 saturated carbocycles. The van der Waals surface area contributed by atoms with Crippen molar-refractivity contribution in [2.45, 2.75) is 44.8 Å². The second kappa shape index (κ2) is 5.65. The average molecular weight is 232 g/mol. The van der Waals surface area contributed by atoms with E-state index < -0.39 is 0 Å². The molecule has 3 atom stereocenters. The van der Waals surface area contributed by atoms with E-state index in [1.165, 1.54) is 24.9 Å². The van der Waals surface area contributed by atoms with Gasteiger partial charge < -0.3 is 10.2 Å². The van der Waals surface area contributed by atoms with Crippen molar-refractivity contribution < 1.29 is 0 Å². The molecule has 1 heterocycles. The van der Waals surface area contributed by atoms with Crippen LogP contribution in [0.1, 0.15) is 38.3 Å². The molecule has 94 valence electrons. The van der Waals surface area contributed by atoms with E-state index in [1.807, 2.05) is 0 Å². The SMILES string of the molecule is CC1CC(N[C@H](C)c2ccccc2)CCN1C. The van der Waals surface area contributed by atoms with E-state index in [9.17, 15) is 0 Å². The zero-order valence-electron chi connectivity index (χ0n) is 11.2. The van der Waals surface area contributed by atoms with Crippen LogP contribution >= 0.6 is 0 Å². The van der Waals surface area contributed by atoms with Crippen molar-refractivity contribution in [3.8, 4) is 0 Å². The van der Waals surface area contributed by atoms with Gasteiger partial charge in [0.1, 0.15) is 0 Å². The van der Waals surface area contributed by atoms with Gasteiger partial charge in [-0.15, -0.1) is 0 Å². The lowest BCUT2D eigenvalue weighted by molar-refractivity contribution is 0.163. The monoisotopic (exact) mass is 232 g/mol. The van der Waals surface area contributed by atoms with Crippen molar-refractivity contribution in [2.24, 2.45) is 0 Å². The Morgan fingerprint density at radius 1 is 1.29 bits per heavy atom. The molecule has 1 aliphatic rings. The molecule has 1 aromatic carbocycles. The predicted octanol–water partition coefficient (Wildman–Crippen LogP) is 2.82. The molecule has 1 N–H and O–H groups in total. The molecule has 0 amide bonds. The Kier molecular flexibility index (Phi) is 4.19. The highest BCUT2D eigenvalue weighted by atomic mass is 15.1. The fourth-order valence-electron chi connectivity index (χ4n) is 2.63. The van der Waals surface area contributed by atoms with Gasteiger partial charge >= 0.3 is 0 Å². The molecule has 17 heavy (non-hydrogen) atoms. The van der Waals surface area contributed by atoms with Crippen molar-refractivity contribution in [2.75, 3.05) is 13.6 Å². The second-order valence-electron chi connectivity index (χ2n) is 5.35. The van der Waals surface area contributed by atoms with Crippen LogP contribution < -0.4 is 5.32 Å². The van der Waals surface area contributed by atoms with Gasteiger partial charge in [0.2, 0.25) is 0 Å². The first-order valence-electron chi connectivity index (χ1n) is 6.68. The number of benzene rings is 1. The number of hydrogen-bond acceptors (Lipinski definition) is 2. The summed E-state index contributed by atoms with van der Waals surface area (Å²) in [6.45, 7) is 5.79. The van der Waals surface area contributed by atoms with Gasteiger partial charge in [0.05, 0.1) is 0 Å². The van der Waals surface area contributed by atoms with E-state index >= 15 is 0 Å². The zero-order valence-corrected chi connectivity index (χ0v) is 11.2. The van der Waals surface area contributed by atoms with Gasteiger partial charge in [-0.05, 0) is 45.8 Å². The number of likely N-dealkylation sites (tertiary alicyclic amines) is 1. The van der Waals surface area contributed by atoms with E-state index in [0.717, 1.165) is 0 Å². The van der Waals surface area contributed by atoms with Crippen LogP contribution in [0, 0.1) is 0 Å². The van der Waals surface area contributed by atoms with Gasteiger partial charge in [-0.3, -0.25) is 0 Å². The van der Waals surface area contributed by atoms with E-state index in [-0.39, 0.29) is 0 Å². The topological polar surface area (TPSA) is 15.3 Å².